The third-order valence-electron chi connectivity index (χ3n) is 2.77. The molecule has 0 spiro atoms. The van der Waals surface area contributed by atoms with Gasteiger partial charge in [0.15, 0.2) is 5.13 Å². The van der Waals surface area contributed by atoms with Gasteiger partial charge in [0.05, 0.1) is 0 Å². The molecule has 0 atom stereocenters. The second kappa shape index (κ2) is 7.04. The minimum atomic E-state index is -0.387. The molecule has 0 aliphatic heterocycles. The number of aromatic nitrogens is 1. The Labute approximate surface area is 133 Å². The molecule has 6 nitrogen and oxygen atoms in total. The van der Waals surface area contributed by atoms with Gasteiger partial charge in [-0.3, -0.25) is 10.1 Å². The molecule has 1 heterocycles. The molecular weight excluding hydrogens is 300 g/mol. The maximum absolute atomic E-state index is 12.0. The predicted molar refractivity (Wildman–Crippen MR) is 88.7 cm³/mol. The summed E-state index contributed by atoms with van der Waals surface area (Å²) in [4.78, 5) is 27.6. The van der Waals surface area contributed by atoms with E-state index in [0.29, 0.717) is 17.4 Å². The van der Waals surface area contributed by atoms with Gasteiger partial charge >= 0.3 is 6.03 Å². The first kappa shape index (κ1) is 16.0. The second-order valence-corrected chi connectivity index (χ2v) is 5.71. The fourth-order valence-electron chi connectivity index (χ4n) is 1.99. The summed E-state index contributed by atoms with van der Waals surface area (Å²) in [5.74, 6) is -0.249. The topological polar surface area (TPSA) is 83.1 Å². The van der Waals surface area contributed by atoms with Crippen molar-refractivity contribution in [2.24, 2.45) is 0 Å². The molecule has 0 saturated carbocycles. The quantitative estimate of drug-likeness (QED) is 0.809. The van der Waals surface area contributed by atoms with E-state index in [1.807, 2.05) is 39.0 Å². The summed E-state index contributed by atoms with van der Waals surface area (Å²) in [6, 6.07) is 5.41. The third-order valence-corrected chi connectivity index (χ3v) is 3.53. The SMILES string of the molecule is CCNC(=O)c1csc(NC(=O)Nc2cc(C)cc(C)c2)n1. The van der Waals surface area contributed by atoms with Gasteiger partial charge < -0.3 is 10.6 Å². The first-order valence-corrected chi connectivity index (χ1v) is 7.76. The fraction of sp³-hybridized carbons (Fsp3) is 0.267. The van der Waals surface area contributed by atoms with E-state index in [0.717, 1.165) is 16.8 Å². The highest BCUT2D eigenvalue weighted by molar-refractivity contribution is 7.14. The molecule has 3 amide bonds. The Morgan fingerprint density at radius 1 is 1.14 bits per heavy atom. The summed E-state index contributed by atoms with van der Waals surface area (Å²) >= 11 is 1.21. The van der Waals surface area contributed by atoms with Crippen molar-refractivity contribution >= 4 is 34.1 Å². The Bertz CT molecular complexity index is 676. The van der Waals surface area contributed by atoms with Crippen LogP contribution in [0.15, 0.2) is 23.6 Å². The minimum Gasteiger partial charge on any atom is -0.351 e. The number of rotatable bonds is 4. The molecule has 2 rings (SSSR count). The molecule has 0 aliphatic rings. The summed E-state index contributed by atoms with van der Waals surface area (Å²) in [5.41, 5.74) is 3.16. The number of aryl methyl sites for hydroxylation is 2. The zero-order chi connectivity index (χ0) is 16.1. The van der Waals surface area contributed by atoms with Gasteiger partial charge in [0.25, 0.3) is 5.91 Å². The molecule has 7 heteroatoms. The van der Waals surface area contributed by atoms with Crippen LogP contribution in [0.3, 0.4) is 0 Å². The first-order chi connectivity index (χ1) is 10.5. The lowest BCUT2D eigenvalue weighted by Gasteiger charge is -2.07. The standard InChI is InChI=1S/C15H18N4O2S/c1-4-16-13(20)12-8-22-15(18-12)19-14(21)17-11-6-9(2)5-10(3)7-11/h5-8H,4H2,1-3H3,(H,16,20)(H2,17,18,19,21). The Balaban J connectivity index is 1.98. The fourth-order valence-corrected chi connectivity index (χ4v) is 2.68. The lowest BCUT2D eigenvalue weighted by atomic mass is 10.1. The molecule has 116 valence electrons. The monoisotopic (exact) mass is 318 g/mol. The summed E-state index contributed by atoms with van der Waals surface area (Å²) in [6.45, 7) is 6.30. The maximum atomic E-state index is 12.0. The molecular formula is C15H18N4O2S. The molecule has 0 fully saturated rings. The number of thiazole rings is 1. The van der Waals surface area contributed by atoms with Gasteiger partial charge in [-0.05, 0) is 44.0 Å². The van der Waals surface area contributed by atoms with E-state index >= 15 is 0 Å². The zero-order valence-corrected chi connectivity index (χ0v) is 13.5. The Kier molecular flexibility index (Phi) is 5.11. The molecule has 0 radical (unpaired) electrons. The van der Waals surface area contributed by atoms with E-state index in [1.54, 1.807) is 5.38 Å². The van der Waals surface area contributed by atoms with Crippen molar-refractivity contribution in [1.82, 2.24) is 10.3 Å². The lowest BCUT2D eigenvalue weighted by Crippen LogP contribution is -2.23. The van der Waals surface area contributed by atoms with Crippen molar-refractivity contribution in [3.8, 4) is 0 Å². The van der Waals surface area contributed by atoms with Crippen molar-refractivity contribution in [1.29, 1.82) is 0 Å². The maximum Gasteiger partial charge on any atom is 0.325 e. The molecule has 3 N–H and O–H groups in total. The van der Waals surface area contributed by atoms with E-state index < -0.39 is 0 Å². The Morgan fingerprint density at radius 3 is 2.45 bits per heavy atom. The molecule has 22 heavy (non-hydrogen) atoms. The zero-order valence-electron chi connectivity index (χ0n) is 12.7. The van der Waals surface area contributed by atoms with E-state index in [1.165, 1.54) is 11.3 Å². The van der Waals surface area contributed by atoms with E-state index in [4.69, 9.17) is 0 Å². The number of carbonyl (C=O) groups excluding carboxylic acids is 2. The highest BCUT2D eigenvalue weighted by Crippen LogP contribution is 2.17. The normalized spacial score (nSPS) is 10.1. The number of hydrogen-bond donors (Lipinski definition) is 3. The number of anilines is 2. The van der Waals surface area contributed by atoms with Crippen LogP contribution in [0.1, 0.15) is 28.5 Å². The number of carbonyl (C=O) groups is 2. The number of benzene rings is 1. The van der Waals surface area contributed by atoms with E-state index in [2.05, 4.69) is 20.9 Å². The van der Waals surface area contributed by atoms with Crippen molar-refractivity contribution in [2.45, 2.75) is 20.8 Å². The third kappa shape index (κ3) is 4.29. The summed E-state index contributed by atoms with van der Waals surface area (Å²) in [6.07, 6.45) is 0. The number of nitrogens with zero attached hydrogens (tertiary/aromatic N) is 1. The molecule has 1 aromatic heterocycles. The van der Waals surface area contributed by atoms with Crippen LogP contribution in [-0.2, 0) is 0 Å². The van der Waals surface area contributed by atoms with Crippen LogP contribution in [0.25, 0.3) is 0 Å². The minimum absolute atomic E-state index is 0.249. The van der Waals surface area contributed by atoms with Gasteiger partial charge in [-0.1, -0.05) is 6.07 Å². The van der Waals surface area contributed by atoms with Gasteiger partial charge in [0.1, 0.15) is 5.69 Å². The lowest BCUT2D eigenvalue weighted by molar-refractivity contribution is 0.0951. The van der Waals surface area contributed by atoms with E-state index in [9.17, 15) is 9.59 Å². The molecule has 0 unspecified atom stereocenters. The smallest absolute Gasteiger partial charge is 0.325 e. The van der Waals surface area contributed by atoms with Crippen LogP contribution in [0.5, 0.6) is 0 Å². The van der Waals surface area contributed by atoms with Crippen molar-refractivity contribution in [2.75, 3.05) is 17.2 Å². The van der Waals surface area contributed by atoms with Gasteiger partial charge in [-0.15, -0.1) is 11.3 Å². The van der Waals surface area contributed by atoms with E-state index in [-0.39, 0.29) is 11.9 Å². The largest absolute Gasteiger partial charge is 0.351 e. The van der Waals surface area contributed by atoms with Crippen LogP contribution < -0.4 is 16.0 Å². The number of nitrogens with one attached hydrogen (secondary N) is 3. The molecule has 0 saturated heterocycles. The summed E-state index contributed by atoms with van der Waals surface area (Å²) in [7, 11) is 0. The molecule has 0 aliphatic carbocycles. The first-order valence-electron chi connectivity index (χ1n) is 6.88. The van der Waals surface area contributed by atoms with Gasteiger partial charge in [-0.25, -0.2) is 9.78 Å². The van der Waals surface area contributed by atoms with Crippen molar-refractivity contribution in [3.63, 3.8) is 0 Å². The van der Waals surface area contributed by atoms with Gasteiger partial charge in [-0.2, -0.15) is 0 Å². The summed E-state index contributed by atoms with van der Waals surface area (Å²) < 4.78 is 0. The predicted octanol–water partition coefficient (Wildman–Crippen LogP) is 3.15. The highest BCUT2D eigenvalue weighted by Gasteiger charge is 2.11. The van der Waals surface area contributed by atoms with Crippen LogP contribution in [-0.4, -0.2) is 23.5 Å². The van der Waals surface area contributed by atoms with Gasteiger partial charge in [0.2, 0.25) is 0 Å². The summed E-state index contributed by atoms with van der Waals surface area (Å²) in [5, 5.41) is 10.0. The molecule has 2 aromatic rings. The average Bonchev–Trinajstić information content (AvgIpc) is 2.86. The number of hydrogen-bond acceptors (Lipinski definition) is 4. The van der Waals surface area contributed by atoms with Crippen LogP contribution >= 0.6 is 11.3 Å². The van der Waals surface area contributed by atoms with Crippen LogP contribution in [0.4, 0.5) is 15.6 Å². The van der Waals surface area contributed by atoms with Gasteiger partial charge in [0, 0.05) is 17.6 Å². The Hall–Kier alpha value is -2.41. The Morgan fingerprint density at radius 2 is 1.82 bits per heavy atom. The number of urea groups is 1. The molecule has 1 aromatic carbocycles. The van der Waals surface area contributed by atoms with Crippen LogP contribution in [0, 0.1) is 13.8 Å². The van der Waals surface area contributed by atoms with Crippen molar-refractivity contribution in [3.05, 3.63) is 40.4 Å². The average molecular weight is 318 g/mol. The molecule has 0 bridgehead atoms. The second-order valence-electron chi connectivity index (χ2n) is 4.85. The van der Waals surface area contributed by atoms with Crippen molar-refractivity contribution < 1.29 is 9.59 Å². The number of amides is 3. The highest BCUT2D eigenvalue weighted by atomic mass is 32.1. The van der Waals surface area contributed by atoms with Crippen LogP contribution in [0.2, 0.25) is 0 Å².